The van der Waals surface area contributed by atoms with Crippen molar-refractivity contribution in [1.82, 2.24) is 5.32 Å². The van der Waals surface area contributed by atoms with E-state index >= 15 is 0 Å². The van der Waals surface area contributed by atoms with E-state index in [1.54, 1.807) is 27.0 Å². The average molecular weight is 288 g/mol. The number of carbonyl (C=O) groups is 1. The molecule has 1 amide bonds. The molecule has 6 heteroatoms. The molecular formula is C13H24N2O3S. The molecule has 0 aromatic rings. The number of nitrogens with one attached hydrogen (secondary N) is 1. The minimum absolute atomic E-state index is 0.0553. The van der Waals surface area contributed by atoms with Crippen LogP contribution in [0.25, 0.3) is 0 Å². The van der Waals surface area contributed by atoms with Gasteiger partial charge in [0.25, 0.3) is 0 Å². The van der Waals surface area contributed by atoms with Crippen LogP contribution in [0.5, 0.6) is 0 Å². The highest BCUT2D eigenvalue weighted by molar-refractivity contribution is 7.93. The van der Waals surface area contributed by atoms with E-state index in [1.165, 1.54) is 6.42 Å². The second-order valence-electron chi connectivity index (χ2n) is 6.77. The third-order valence-electron chi connectivity index (χ3n) is 3.90. The maximum atomic E-state index is 12.6. The smallest absolute Gasteiger partial charge is 0.442 e. The summed E-state index contributed by atoms with van der Waals surface area (Å²) in [7, 11) is -2.54. The van der Waals surface area contributed by atoms with Gasteiger partial charge in [-0.15, -0.1) is 4.36 Å². The van der Waals surface area contributed by atoms with E-state index in [1.807, 2.05) is 0 Å². The fourth-order valence-corrected chi connectivity index (χ4v) is 4.21. The Labute approximate surface area is 115 Å². The molecular weight excluding hydrogens is 264 g/mol. The quantitative estimate of drug-likeness (QED) is 0.804. The van der Waals surface area contributed by atoms with Crippen LogP contribution in [0.4, 0.5) is 4.79 Å². The van der Waals surface area contributed by atoms with Crippen molar-refractivity contribution in [2.24, 2.45) is 4.36 Å². The molecule has 2 unspecified atom stereocenters. The molecule has 1 spiro atoms. The zero-order valence-corrected chi connectivity index (χ0v) is 13.0. The van der Waals surface area contributed by atoms with Gasteiger partial charge >= 0.3 is 6.09 Å². The molecule has 19 heavy (non-hydrogen) atoms. The predicted molar refractivity (Wildman–Crippen MR) is 75.7 cm³/mol. The van der Waals surface area contributed by atoms with Crippen LogP contribution in [-0.4, -0.2) is 39.5 Å². The lowest BCUT2D eigenvalue weighted by Crippen LogP contribution is -2.45. The predicted octanol–water partition coefficient (Wildman–Crippen LogP) is 2.30. The molecule has 5 nitrogen and oxygen atoms in total. The minimum atomic E-state index is -2.54. The molecule has 0 radical (unpaired) electrons. The molecule has 0 bridgehead atoms. The number of amides is 1. The maximum absolute atomic E-state index is 12.6. The van der Waals surface area contributed by atoms with Gasteiger partial charge in [-0.2, -0.15) is 0 Å². The van der Waals surface area contributed by atoms with E-state index in [2.05, 4.69) is 9.68 Å². The summed E-state index contributed by atoms with van der Waals surface area (Å²) in [6, 6.07) is 0. The molecule has 0 aromatic heterocycles. The summed E-state index contributed by atoms with van der Waals surface area (Å²) in [6.45, 7) is 6.01. The van der Waals surface area contributed by atoms with Crippen molar-refractivity contribution in [3.63, 3.8) is 0 Å². The van der Waals surface area contributed by atoms with Crippen LogP contribution in [0.15, 0.2) is 4.36 Å². The van der Waals surface area contributed by atoms with E-state index in [-0.39, 0.29) is 10.8 Å². The summed E-state index contributed by atoms with van der Waals surface area (Å²) in [4.78, 5) is 11.7. The Morgan fingerprint density at radius 2 is 2.05 bits per heavy atom. The first-order chi connectivity index (χ1) is 8.62. The van der Waals surface area contributed by atoms with Crippen LogP contribution in [0.3, 0.4) is 0 Å². The molecule has 1 N–H and O–H groups in total. The third-order valence-corrected chi connectivity index (χ3v) is 5.98. The van der Waals surface area contributed by atoms with Gasteiger partial charge in [-0.05, 0) is 46.5 Å². The first-order valence-electron chi connectivity index (χ1n) is 6.81. The van der Waals surface area contributed by atoms with Crippen LogP contribution < -0.4 is 5.32 Å². The van der Waals surface area contributed by atoms with Gasteiger partial charge in [0, 0.05) is 18.3 Å². The Kier molecular flexibility index (Phi) is 3.68. The van der Waals surface area contributed by atoms with E-state index in [9.17, 15) is 9.00 Å². The molecule has 2 rings (SSSR count). The topological polar surface area (TPSA) is 67.8 Å². The van der Waals surface area contributed by atoms with Crippen molar-refractivity contribution in [2.45, 2.75) is 62.8 Å². The summed E-state index contributed by atoms with van der Waals surface area (Å²) in [5, 5.41) is 3.40. The van der Waals surface area contributed by atoms with Crippen LogP contribution >= 0.6 is 0 Å². The molecule has 110 valence electrons. The zero-order valence-electron chi connectivity index (χ0n) is 12.2. The summed E-state index contributed by atoms with van der Waals surface area (Å²) in [6.07, 6.45) is 5.23. The second kappa shape index (κ2) is 4.74. The molecule has 1 aliphatic heterocycles. The highest BCUT2D eigenvalue weighted by Gasteiger charge is 2.45. The van der Waals surface area contributed by atoms with Crippen molar-refractivity contribution in [1.29, 1.82) is 0 Å². The Balaban J connectivity index is 2.05. The lowest BCUT2D eigenvalue weighted by molar-refractivity contribution is 0.0607. The van der Waals surface area contributed by atoms with Gasteiger partial charge in [0.05, 0.1) is 15.0 Å². The Bertz CT molecular complexity index is 483. The first-order valence-corrected chi connectivity index (χ1v) is 8.80. The molecule has 2 atom stereocenters. The lowest BCUT2D eigenvalue weighted by atomic mass is 9.76. The maximum Gasteiger partial charge on any atom is 0.442 e. The molecule has 1 saturated heterocycles. The first kappa shape index (κ1) is 14.8. The summed E-state index contributed by atoms with van der Waals surface area (Å²) >= 11 is 0. The van der Waals surface area contributed by atoms with Gasteiger partial charge in [0.15, 0.2) is 0 Å². The fraction of sp³-hybridized carbons (Fsp3) is 0.923. The summed E-state index contributed by atoms with van der Waals surface area (Å²) in [5.74, 6) is 0. The summed E-state index contributed by atoms with van der Waals surface area (Å²) in [5.41, 5.74) is -0.425. The van der Waals surface area contributed by atoms with Crippen LogP contribution in [0.2, 0.25) is 0 Å². The van der Waals surface area contributed by atoms with E-state index in [0.717, 1.165) is 19.3 Å². The second-order valence-corrected chi connectivity index (χ2v) is 9.35. The summed E-state index contributed by atoms with van der Waals surface area (Å²) < 4.78 is 21.6. The van der Waals surface area contributed by atoms with Crippen LogP contribution in [0.1, 0.15) is 46.5 Å². The number of hydrogen-bond donors (Lipinski definition) is 1. The Hall–Kier alpha value is -0.620. The highest BCUT2D eigenvalue weighted by atomic mass is 32.2. The van der Waals surface area contributed by atoms with Crippen molar-refractivity contribution < 1.29 is 13.7 Å². The van der Waals surface area contributed by atoms with E-state index in [4.69, 9.17) is 4.74 Å². The van der Waals surface area contributed by atoms with Crippen molar-refractivity contribution >= 4 is 15.8 Å². The third kappa shape index (κ3) is 3.48. The zero-order chi connectivity index (χ0) is 14.3. The molecule has 2 fully saturated rings. The monoisotopic (exact) mass is 288 g/mol. The van der Waals surface area contributed by atoms with Gasteiger partial charge < -0.3 is 10.1 Å². The van der Waals surface area contributed by atoms with Crippen molar-refractivity contribution in [2.75, 3.05) is 12.8 Å². The molecule has 1 aliphatic carbocycles. The molecule has 1 saturated carbocycles. The Morgan fingerprint density at radius 1 is 1.42 bits per heavy atom. The van der Waals surface area contributed by atoms with Gasteiger partial charge in [-0.25, -0.2) is 9.00 Å². The minimum Gasteiger partial charge on any atom is -0.442 e. The number of rotatable bonds is 1. The fourth-order valence-electron chi connectivity index (χ4n) is 2.71. The number of ether oxygens (including phenoxy) is 1. The van der Waals surface area contributed by atoms with Crippen molar-refractivity contribution in [3.05, 3.63) is 0 Å². The molecule has 1 heterocycles. The normalized spacial score (nSPS) is 28.5. The number of hydrogen-bond acceptors (Lipinski definition) is 4. The number of nitrogens with zero attached hydrogens (tertiary/aromatic N) is 1. The van der Waals surface area contributed by atoms with E-state index < -0.39 is 21.4 Å². The molecule has 2 aliphatic rings. The van der Waals surface area contributed by atoms with Crippen LogP contribution in [0, 0.1) is 0 Å². The standard InChI is InChI=1S/C13H24N2O3S/c1-12(2,3)18-11(16)15-19(4,17)10-8-13(14-9-10)6-5-7-13/h10,14H,5-9H2,1-4H3. The Morgan fingerprint density at radius 3 is 2.47 bits per heavy atom. The van der Waals surface area contributed by atoms with E-state index in [0.29, 0.717) is 6.54 Å². The van der Waals surface area contributed by atoms with Gasteiger partial charge in [0.2, 0.25) is 0 Å². The van der Waals surface area contributed by atoms with Gasteiger partial charge in [0.1, 0.15) is 5.60 Å². The largest absolute Gasteiger partial charge is 0.442 e. The highest BCUT2D eigenvalue weighted by Crippen LogP contribution is 2.40. The average Bonchev–Trinajstić information content (AvgIpc) is 2.56. The lowest BCUT2D eigenvalue weighted by Gasteiger charge is -2.38. The number of carbonyl (C=O) groups excluding carboxylic acids is 1. The molecule has 0 aromatic carbocycles. The van der Waals surface area contributed by atoms with Crippen molar-refractivity contribution in [3.8, 4) is 0 Å². The van der Waals surface area contributed by atoms with Gasteiger partial charge in [-0.3, -0.25) is 0 Å². The van der Waals surface area contributed by atoms with Gasteiger partial charge in [-0.1, -0.05) is 0 Å². The SMILES string of the molecule is CC(C)(C)OC(=O)N=S(C)(=O)C1CNC2(CCC2)C1. The van der Waals surface area contributed by atoms with Crippen LogP contribution in [-0.2, 0) is 14.5 Å².